The molecule has 0 spiro atoms. The van der Waals surface area contributed by atoms with E-state index in [4.69, 9.17) is 5.73 Å². The summed E-state index contributed by atoms with van der Waals surface area (Å²) in [6.07, 6.45) is 4.57. The molecule has 1 atom stereocenters. The predicted molar refractivity (Wildman–Crippen MR) is 84.1 cm³/mol. The molecular formula is C16H22N2O2S. The maximum absolute atomic E-state index is 12.6. The third-order valence-electron chi connectivity index (χ3n) is 3.95. The van der Waals surface area contributed by atoms with Crippen LogP contribution in [0.4, 0.5) is 0 Å². The van der Waals surface area contributed by atoms with Crippen LogP contribution in [-0.2, 0) is 10.0 Å². The molecule has 21 heavy (non-hydrogen) atoms. The van der Waals surface area contributed by atoms with Crippen molar-refractivity contribution in [1.82, 2.24) is 4.72 Å². The number of hydrogen-bond acceptors (Lipinski definition) is 3. The first-order valence-electron chi connectivity index (χ1n) is 7.35. The summed E-state index contributed by atoms with van der Waals surface area (Å²) in [5, 5.41) is 0. The minimum Gasteiger partial charge on any atom is -0.320 e. The Morgan fingerprint density at radius 1 is 1.33 bits per heavy atom. The van der Waals surface area contributed by atoms with E-state index in [2.05, 4.69) is 16.6 Å². The topological polar surface area (TPSA) is 72.2 Å². The van der Waals surface area contributed by atoms with E-state index in [0.717, 1.165) is 12.8 Å². The van der Waals surface area contributed by atoms with Gasteiger partial charge in [0.05, 0.1) is 11.4 Å². The number of benzene rings is 1. The lowest BCUT2D eigenvalue weighted by Gasteiger charge is -2.20. The second-order valence-electron chi connectivity index (χ2n) is 5.46. The molecule has 1 aliphatic rings. The van der Waals surface area contributed by atoms with Gasteiger partial charge in [-0.1, -0.05) is 36.8 Å². The van der Waals surface area contributed by atoms with Gasteiger partial charge in [0.2, 0.25) is 10.0 Å². The molecule has 1 saturated carbocycles. The van der Waals surface area contributed by atoms with Gasteiger partial charge in [-0.25, -0.2) is 13.1 Å². The molecule has 0 amide bonds. The van der Waals surface area contributed by atoms with Crippen LogP contribution in [0.2, 0.25) is 0 Å². The smallest absolute Gasteiger partial charge is 0.242 e. The molecule has 1 aromatic carbocycles. The molecule has 2 rings (SSSR count). The molecule has 5 heteroatoms. The highest BCUT2D eigenvalue weighted by Crippen LogP contribution is 2.28. The Morgan fingerprint density at radius 2 is 2.00 bits per heavy atom. The van der Waals surface area contributed by atoms with Gasteiger partial charge >= 0.3 is 0 Å². The zero-order valence-electron chi connectivity index (χ0n) is 12.3. The standard InChI is InChI=1S/C16H22N2O2S/c1-13(14-7-2-3-8-14)18-21(19,20)16-11-5-4-9-15(16)10-6-12-17/h4-5,9,11,13-14,18H,2-3,7-8,12,17H2,1H3. The van der Waals surface area contributed by atoms with Gasteiger partial charge in [-0.05, 0) is 37.8 Å². The highest BCUT2D eigenvalue weighted by molar-refractivity contribution is 7.89. The Morgan fingerprint density at radius 3 is 2.67 bits per heavy atom. The van der Waals surface area contributed by atoms with Crippen LogP contribution in [0.25, 0.3) is 0 Å². The third kappa shape index (κ3) is 4.07. The van der Waals surface area contributed by atoms with E-state index >= 15 is 0 Å². The summed E-state index contributed by atoms with van der Waals surface area (Å²) < 4.78 is 28.0. The van der Waals surface area contributed by atoms with Crippen molar-refractivity contribution in [3.8, 4) is 11.8 Å². The van der Waals surface area contributed by atoms with Crippen molar-refractivity contribution in [2.24, 2.45) is 11.7 Å². The fraction of sp³-hybridized carbons (Fsp3) is 0.500. The summed E-state index contributed by atoms with van der Waals surface area (Å²) >= 11 is 0. The second-order valence-corrected chi connectivity index (χ2v) is 7.14. The number of nitrogens with two attached hydrogens (primary N) is 1. The van der Waals surface area contributed by atoms with E-state index in [-0.39, 0.29) is 17.5 Å². The van der Waals surface area contributed by atoms with Crippen molar-refractivity contribution in [2.45, 2.75) is 43.5 Å². The molecular weight excluding hydrogens is 284 g/mol. The fourth-order valence-corrected chi connectivity index (χ4v) is 4.29. The Balaban J connectivity index is 2.23. The molecule has 1 fully saturated rings. The Labute approximate surface area is 127 Å². The minimum absolute atomic E-state index is 0.0481. The van der Waals surface area contributed by atoms with Crippen LogP contribution < -0.4 is 10.5 Å². The average Bonchev–Trinajstić information content (AvgIpc) is 2.99. The molecule has 0 bridgehead atoms. The van der Waals surface area contributed by atoms with Gasteiger partial charge in [-0.15, -0.1) is 0 Å². The van der Waals surface area contributed by atoms with E-state index < -0.39 is 10.0 Å². The molecule has 0 aromatic heterocycles. The highest BCUT2D eigenvalue weighted by atomic mass is 32.2. The molecule has 4 nitrogen and oxygen atoms in total. The zero-order chi connectivity index (χ0) is 15.3. The van der Waals surface area contributed by atoms with Crippen LogP contribution in [0, 0.1) is 17.8 Å². The van der Waals surface area contributed by atoms with Gasteiger partial charge in [0.1, 0.15) is 0 Å². The lowest BCUT2D eigenvalue weighted by Crippen LogP contribution is -2.37. The highest BCUT2D eigenvalue weighted by Gasteiger charge is 2.27. The molecule has 0 saturated heterocycles. The van der Waals surface area contributed by atoms with Crippen molar-refractivity contribution in [3.05, 3.63) is 29.8 Å². The molecule has 1 unspecified atom stereocenters. The van der Waals surface area contributed by atoms with Crippen LogP contribution in [0.1, 0.15) is 38.2 Å². The lowest BCUT2D eigenvalue weighted by atomic mass is 10.0. The Kier molecular flexibility index (Phi) is 5.40. The molecule has 0 heterocycles. The van der Waals surface area contributed by atoms with E-state index in [0.29, 0.717) is 11.5 Å². The van der Waals surface area contributed by atoms with Gasteiger partial charge in [-0.3, -0.25) is 0 Å². The lowest BCUT2D eigenvalue weighted by molar-refractivity contribution is 0.424. The van der Waals surface area contributed by atoms with Crippen LogP contribution in [0.5, 0.6) is 0 Å². The third-order valence-corrected chi connectivity index (χ3v) is 5.57. The first-order chi connectivity index (χ1) is 10.0. The number of nitrogens with one attached hydrogen (secondary N) is 1. The van der Waals surface area contributed by atoms with Crippen LogP contribution in [0.15, 0.2) is 29.2 Å². The normalized spacial score (nSPS) is 17.2. The first kappa shape index (κ1) is 16.0. The first-order valence-corrected chi connectivity index (χ1v) is 8.83. The van der Waals surface area contributed by atoms with Crippen molar-refractivity contribution < 1.29 is 8.42 Å². The van der Waals surface area contributed by atoms with Crippen molar-refractivity contribution >= 4 is 10.0 Å². The summed E-state index contributed by atoms with van der Waals surface area (Å²) in [5.74, 6) is 5.97. The second kappa shape index (κ2) is 7.08. The molecule has 3 N–H and O–H groups in total. The van der Waals surface area contributed by atoms with Gasteiger partial charge < -0.3 is 5.73 Å². The monoisotopic (exact) mass is 306 g/mol. The fourth-order valence-electron chi connectivity index (χ4n) is 2.81. The van der Waals surface area contributed by atoms with Crippen LogP contribution >= 0.6 is 0 Å². The largest absolute Gasteiger partial charge is 0.320 e. The van der Waals surface area contributed by atoms with Gasteiger partial charge in [0.25, 0.3) is 0 Å². The molecule has 0 radical (unpaired) electrons. The maximum Gasteiger partial charge on any atom is 0.242 e. The molecule has 114 valence electrons. The SMILES string of the molecule is CC(NS(=O)(=O)c1ccccc1C#CCN)C1CCCC1. The summed E-state index contributed by atoms with van der Waals surface area (Å²) in [4.78, 5) is 0.232. The van der Waals surface area contributed by atoms with Gasteiger partial charge in [0, 0.05) is 11.6 Å². The summed E-state index contributed by atoms with van der Waals surface area (Å²) in [7, 11) is -3.55. The maximum atomic E-state index is 12.6. The molecule has 1 aromatic rings. The number of sulfonamides is 1. The van der Waals surface area contributed by atoms with Crippen molar-refractivity contribution in [1.29, 1.82) is 0 Å². The van der Waals surface area contributed by atoms with E-state index in [1.807, 2.05) is 6.92 Å². The van der Waals surface area contributed by atoms with E-state index in [1.165, 1.54) is 12.8 Å². The van der Waals surface area contributed by atoms with Crippen molar-refractivity contribution in [3.63, 3.8) is 0 Å². The molecule has 1 aliphatic carbocycles. The van der Waals surface area contributed by atoms with Gasteiger partial charge in [0.15, 0.2) is 0 Å². The van der Waals surface area contributed by atoms with E-state index in [9.17, 15) is 8.42 Å². The van der Waals surface area contributed by atoms with Crippen molar-refractivity contribution in [2.75, 3.05) is 6.54 Å². The van der Waals surface area contributed by atoms with Crippen LogP contribution in [-0.4, -0.2) is 21.0 Å². The zero-order valence-corrected chi connectivity index (χ0v) is 13.1. The summed E-state index contributed by atoms with van der Waals surface area (Å²) in [6, 6.07) is 6.73. The summed E-state index contributed by atoms with van der Waals surface area (Å²) in [5.41, 5.74) is 5.85. The van der Waals surface area contributed by atoms with E-state index in [1.54, 1.807) is 24.3 Å². The minimum atomic E-state index is -3.55. The number of rotatable bonds is 4. The summed E-state index contributed by atoms with van der Waals surface area (Å²) in [6.45, 7) is 2.15. The molecule has 0 aliphatic heterocycles. The number of hydrogen-bond donors (Lipinski definition) is 2. The quantitative estimate of drug-likeness (QED) is 0.834. The van der Waals surface area contributed by atoms with Gasteiger partial charge in [-0.2, -0.15) is 0 Å². The Bertz CT molecular complexity index is 638. The predicted octanol–water partition coefficient (Wildman–Crippen LogP) is 1.85. The van der Waals surface area contributed by atoms with Crippen LogP contribution in [0.3, 0.4) is 0 Å². The Hall–Kier alpha value is -1.35. The average molecular weight is 306 g/mol.